The Morgan fingerprint density at radius 3 is 2.50 bits per heavy atom. The standard InChI is InChI=1S/C27H32FN5O3/c1-18(2)31-12-5-13-33(20(4)34)24-16-23(28)7-6-22(24)17-32(15-14-31)27(35)25-19(3)36-30-26(25)21-8-10-29-11-9-21/h6-11,16,18H,5,12-15,17H2,1-4H3. The summed E-state index contributed by atoms with van der Waals surface area (Å²) in [5.74, 6) is -0.393. The van der Waals surface area contributed by atoms with Crippen molar-refractivity contribution in [3.8, 4) is 11.3 Å². The Kier molecular flexibility index (Phi) is 7.79. The fraction of sp³-hybridized carbons (Fsp3) is 0.407. The largest absolute Gasteiger partial charge is 0.360 e. The number of hydrogen-bond acceptors (Lipinski definition) is 6. The van der Waals surface area contributed by atoms with Crippen LogP contribution in [0.4, 0.5) is 10.1 Å². The average Bonchev–Trinajstić information content (AvgIpc) is 3.22. The summed E-state index contributed by atoms with van der Waals surface area (Å²) in [6, 6.07) is 8.23. The maximum atomic E-state index is 14.3. The van der Waals surface area contributed by atoms with Gasteiger partial charge in [-0.3, -0.25) is 19.5 Å². The van der Waals surface area contributed by atoms with Gasteiger partial charge >= 0.3 is 0 Å². The molecule has 2 aromatic heterocycles. The van der Waals surface area contributed by atoms with Crippen LogP contribution in [-0.4, -0.2) is 64.0 Å². The number of benzene rings is 1. The number of nitrogens with zero attached hydrogens (tertiary/aromatic N) is 5. The molecule has 2 amide bonds. The molecule has 1 aliphatic rings. The minimum absolute atomic E-state index is 0.162. The molecule has 1 aromatic carbocycles. The van der Waals surface area contributed by atoms with Crippen LogP contribution in [0.1, 0.15) is 48.9 Å². The molecule has 3 heterocycles. The summed E-state index contributed by atoms with van der Waals surface area (Å²) in [5, 5.41) is 4.16. The lowest BCUT2D eigenvalue weighted by molar-refractivity contribution is -0.116. The molecule has 0 spiro atoms. The Hall–Kier alpha value is -3.59. The molecular weight excluding hydrogens is 461 g/mol. The molecule has 0 fully saturated rings. The molecule has 0 unspecified atom stereocenters. The predicted molar refractivity (Wildman–Crippen MR) is 135 cm³/mol. The number of hydrogen-bond donors (Lipinski definition) is 0. The van der Waals surface area contributed by atoms with E-state index in [4.69, 9.17) is 4.52 Å². The third kappa shape index (κ3) is 5.46. The van der Waals surface area contributed by atoms with E-state index < -0.39 is 5.82 Å². The normalized spacial score (nSPS) is 15.5. The van der Waals surface area contributed by atoms with Gasteiger partial charge in [0.1, 0.15) is 22.8 Å². The SMILES string of the molecule is CC(=O)N1CCCN(C(C)C)CCN(C(=O)c2c(-c3ccncc3)noc2C)Cc2ccc(F)cc21. The first-order valence-corrected chi connectivity index (χ1v) is 12.2. The van der Waals surface area contributed by atoms with Crippen molar-refractivity contribution < 1.29 is 18.5 Å². The van der Waals surface area contributed by atoms with Gasteiger partial charge in [-0.15, -0.1) is 0 Å². The molecule has 0 atom stereocenters. The summed E-state index contributed by atoms with van der Waals surface area (Å²) < 4.78 is 19.8. The number of aromatic nitrogens is 2. The number of anilines is 1. The first-order valence-electron chi connectivity index (χ1n) is 12.2. The highest BCUT2D eigenvalue weighted by atomic mass is 19.1. The van der Waals surface area contributed by atoms with Crippen LogP contribution >= 0.6 is 0 Å². The van der Waals surface area contributed by atoms with Crippen LogP contribution in [0.3, 0.4) is 0 Å². The summed E-state index contributed by atoms with van der Waals surface area (Å²) in [7, 11) is 0. The van der Waals surface area contributed by atoms with Gasteiger partial charge in [0.05, 0.1) is 5.69 Å². The van der Waals surface area contributed by atoms with E-state index in [-0.39, 0.29) is 24.4 Å². The topological polar surface area (TPSA) is 82.8 Å². The van der Waals surface area contributed by atoms with E-state index in [1.54, 1.807) is 47.3 Å². The van der Waals surface area contributed by atoms with Crippen molar-refractivity contribution in [2.24, 2.45) is 0 Å². The van der Waals surface area contributed by atoms with Crippen LogP contribution in [0.25, 0.3) is 11.3 Å². The van der Waals surface area contributed by atoms with Crippen LogP contribution in [0.5, 0.6) is 0 Å². The smallest absolute Gasteiger partial charge is 0.260 e. The highest BCUT2D eigenvalue weighted by molar-refractivity contribution is 6.01. The first kappa shape index (κ1) is 25.5. The van der Waals surface area contributed by atoms with E-state index in [2.05, 4.69) is 28.9 Å². The Labute approximate surface area is 210 Å². The molecule has 4 rings (SSSR count). The van der Waals surface area contributed by atoms with Gasteiger partial charge in [0.2, 0.25) is 5.91 Å². The fourth-order valence-corrected chi connectivity index (χ4v) is 4.63. The molecule has 0 saturated heterocycles. The van der Waals surface area contributed by atoms with Crippen LogP contribution in [-0.2, 0) is 11.3 Å². The minimum Gasteiger partial charge on any atom is -0.360 e. The van der Waals surface area contributed by atoms with E-state index >= 15 is 0 Å². The van der Waals surface area contributed by atoms with E-state index in [1.165, 1.54) is 19.1 Å². The van der Waals surface area contributed by atoms with Gasteiger partial charge in [-0.25, -0.2) is 4.39 Å². The Morgan fingerprint density at radius 2 is 1.81 bits per heavy atom. The van der Waals surface area contributed by atoms with Crippen LogP contribution in [0.15, 0.2) is 47.2 Å². The third-order valence-electron chi connectivity index (χ3n) is 6.61. The average molecular weight is 494 g/mol. The predicted octanol–water partition coefficient (Wildman–Crippen LogP) is 4.29. The van der Waals surface area contributed by atoms with Crippen molar-refractivity contribution in [3.05, 3.63) is 65.4 Å². The van der Waals surface area contributed by atoms with Gasteiger partial charge in [-0.2, -0.15) is 0 Å². The van der Waals surface area contributed by atoms with Gasteiger partial charge in [0.25, 0.3) is 5.91 Å². The highest BCUT2D eigenvalue weighted by Gasteiger charge is 2.29. The lowest BCUT2D eigenvalue weighted by Gasteiger charge is -2.30. The van der Waals surface area contributed by atoms with Gasteiger partial charge in [0, 0.05) is 63.6 Å². The lowest BCUT2D eigenvalue weighted by atomic mass is 10.1. The fourth-order valence-electron chi connectivity index (χ4n) is 4.63. The summed E-state index contributed by atoms with van der Waals surface area (Å²) in [6.07, 6.45) is 4.02. The Morgan fingerprint density at radius 1 is 1.06 bits per heavy atom. The zero-order valence-corrected chi connectivity index (χ0v) is 21.2. The minimum atomic E-state index is -0.425. The molecule has 9 heteroatoms. The maximum Gasteiger partial charge on any atom is 0.260 e. The molecule has 1 aliphatic heterocycles. The number of fused-ring (bicyclic) bond motifs is 1. The van der Waals surface area contributed by atoms with Crippen molar-refractivity contribution >= 4 is 17.5 Å². The number of pyridine rings is 1. The zero-order valence-electron chi connectivity index (χ0n) is 21.2. The quantitative estimate of drug-likeness (QED) is 0.541. The van der Waals surface area contributed by atoms with Crippen molar-refractivity contribution in [3.63, 3.8) is 0 Å². The molecule has 0 aliphatic carbocycles. The molecule has 3 aromatic rings. The first-order chi connectivity index (χ1) is 17.3. The number of aryl methyl sites for hydroxylation is 1. The molecule has 190 valence electrons. The van der Waals surface area contributed by atoms with Crippen LogP contribution in [0.2, 0.25) is 0 Å². The number of halogens is 1. The highest BCUT2D eigenvalue weighted by Crippen LogP contribution is 2.29. The molecule has 0 N–H and O–H groups in total. The van der Waals surface area contributed by atoms with Gasteiger partial charge < -0.3 is 14.3 Å². The molecule has 0 radical (unpaired) electrons. The van der Waals surface area contributed by atoms with E-state index in [9.17, 15) is 14.0 Å². The van der Waals surface area contributed by atoms with Crippen molar-refractivity contribution in [2.75, 3.05) is 31.1 Å². The second kappa shape index (κ2) is 11.0. The molecule has 8 nitrogen and oxygen atoms in total. The zero-order chi connectivity index (χ0) is 25.8. The maximum absolute atomic E-state index is 14.3. The van der Waals surface area contributed by atoms with Gasteiger partial charge in [0.15, 0.2) is 0 Å². The lowest BCUT2D eigenvalue weighted by Crippen LogP contribution is -2.41. The number of carbonyl (C=O) groups excluding carboxylic acids is 2. The Balaban J connectivity index is 1.78. The van der Waals surface area contributed by atoms with Crippen LogP contribution < -0.4 is 4.90 Å². The van der Waals surface area contributed by atoms with Gasteiger partial charge in [-0.05, 0) is 57.0 Å². The second-order valence-corrected chi connectivity index (χ2v) is 9.35. The summed E-state index contributed by atoms with van der Waals surface area (Å²) in [6.45, 7) is 9.99. The number of carbonyl (C=O) groups is 2. The number of rotatable bonds is 3. The molecule has 0 saturated carbocycles. The molecular formula is C27H32FN5O3. The summed E-state index contributed by atoms with van der Waals surface area (Å²) in [4.78, 5) is 36.3. The van der Waals surface area contributed by atoms with E-state index in [0.717, 1.165) is 18.5 Å². The van der Waals surface area contributed by atoms with Crippen molar-refractivity contribution in [2.45, 2.75) is 46.7 Å². The number of amides is 2. The third-order valence-corrected chi connectivity index (χ3v) is 6.61. The summed E-state index contributed by atoms with van der Waals surface area (Å²) in [5.41, 5.74) is 2.78. The summed E-state index contributed by atoms with van der Waals surface area (Å²) >= 11 is 0. The van der Waals surface area contributed by atoms with Crippen molar-refractivity contribution in [1.29, 1.82) is 0 Å². The molecule has 0 bridgehead atoms. The monoisotopic (exact) mass is 493 g/mol. The van der Waals surface area contributed by atoms with Crippen molar-refractivity contribution in [1.82, 2.24) is 19.9 Å². The Bertz CT molecular complexity index is 1230. The van der Waals surface area contributed by atoms with Crippen LogP contribution in [0, 0.1) is 12.7 Å². The van der Waals surface area contributed by atoms with E-state index in [0.29, 0.717) is 47.9 Å². The van der Waals surface area contributed by atoms with Gasteiger partial charge in [-0.1, -0.05) is 11.2 Å². The molecule has 36 heavy (non-hydrogen) atoms. The second-order valence-electron chi connectivity index (χ2n) is 9.35. The van der Waals surface area contributed by atoms with E-state index in [1.807, 2.05) is 0 Å².